The topological polar surface area (TPSA) is 69.4 Å². The zero-order valence-electron chi connectivity index (χ0n) is 8.82. The van der Waals surface area contributed by atoms with Crippen molar-refractivity contribution in [1.29, 1.82) is 0 Å². The molecule has 5 nitrogen and oxygen atoms in total. The van der Waals surface area contributed by atoms with Gasteiger partial charge in [-0.15, -0.1) is 0 Å². The van der Waals surface area contributed by atoms with E-state index in [-0.39, 0.29) is 11.3 Å². The molecule has 0 aliphatic rings. The van der Waals surface area contributed by atoms with E-state index in [4.69, 9.17) is 0 Å². The van der Waals surface area contributed by atoms with Crippen LogP contribution in [0.5, 0.6) is 0 Å². The summed E-state index contributed by atoms with van der Waals surface area (Å²) in [6.07, 6.45) is 0. The van der Waals surface area contributed by atoms with Crippen LogP contribution in [0.2, 0.25) is 0 Å². The van der Waals surface area contributed by atoms with Gasteiger partial charge in [0.2, 0.25) is 0 Å². The van der Waals surface area contributed by atoms with E-state index in [9.17, 15) is 14.9 Å². The van der Waals surface area contributed by atoms with Gasteiger partial charge in [0, 0.05) is 17.0 Å². The standard InChI is InChI=1S/C10H10BrNO4/c1-6-3-7(5-11)9(12(14)15)4-8(6)10(13)16-2/h3-4H,5H2,1-2H3. The highest BCUT2D eigenvalue weighted by atomic mass is 79.9. The number of carbonyl (C=O) groups is 1. The Balaban J connectivity index is 3.38. The van der Waals surface area contributed by atoms with E-state index in [0.717, 1.165) is 0 Å². The highest BCUT2D eigenvalue weighted by Crippen LogP contribution is 2.25. The lowest BCUT2D eigenvalue weighted by molar-refractivity contribution is -0.385. The first-order valence-electron chi connectivity index (χ1n) is 4.43. The molecule has 0 N–H and O–H groups in total. The van der Waals surface area contributed by atoms with Crippen LogP contribution in [-0.4, -0.2) is 18.0 Å². The number of hydrogen-bond donors (Lipinski definition) is 0. The summed E-state index contributed by atoms with van der Waals surface area (Å²) in [7, 11) is 1.24. The van der Waals surface area contributed by atoms with E-state index in [0.29, 0.717) is 16.5 Å². The molecule has 0 heterocycles. The number of benzene rings is 1. The summed E-state index contributed by atoms with van der Waals surface area (Å²) < 4.78 is 4.55. The summed E-state index contributed by atoms with van der Waals surface area (Å²) in [6.45, 7) is 1.71. The number of rotatable bonds is 3. The fraction of sp³-hybridized carbons (Fsp3) is 0.300. The van der Waals surface area contributed by atoms with Crippen molar-refractivity contribution >= 4 is 27.6 Å². The van der Waals surface area contributed by atoms with Crippen molar-refractivity contribution in [3.8, 4) is 0 Å². The monoisotopic (exact) mass is 287 g/mol. The van der Waals surface area contributed by atoms with Gasteiger partial charge in [-0.05, 0) is 18.6 Å². The molecule has 1 aromatic carbocycles. The third-order valence-electron chi connectivity index (χ3n) is 2.17. The summed E-state index contributed by atoms with van der Waals surface area (Å²) in [5.41, 5.74) is 1.34. The molecule has 0 aliphatic carbocycles. The number of alkyl halides is 1. The molecule has 0 radical (unpaired) electrons. The van der Waals surface area contributed by atoms with Crippen LogP contribution in [0.3, 0.4) is 0 Å². The number of aryl methyl sites for hydroxylation is 1. The van der Waals surface area contributed by atoms with Crippen molar-refractivity contribution in [2.75, 3.05) is 7.11 Å². The molecule has 0 saturated carbocycles. The van der Waals surface area contributed by atoms with Gasteiger partial charge in [-0.25, -0.2) is 4.79 Å². The number of carbonyl (C=O) groups excluding carboxylic acids is 1. The summed E-state index contributed by atoms with van der Waals surface area (Å²) in [4.78, 5) is 21.6. The van der Waals surface area contributed by atoms with E-state index < -0.39 is 10.9 Å². The molecule has 0 bridgehead atoms. The summed E-state index contributed by atoms with van der Waals surface area (Å²) in [5.74, 6) is -0.568. The molecule has 86 valence electrons. The Morgan fingerprint density at radius 1 is 1.56 bits per heavy atom. The molecule has 0 spiro atoms. The Morgan fingerprint density at radius 2 is 2.19 bits per heavy atom. The first kappa shape index (κ1) is 12.6. The van der Waals surface area contributed by atoms with Gasteiger partial charge in [0.1, 0.15) is 0 Å². The molecule has 0 atom stereocenters. The molecule has 0 aliphatic heterocycles. The first-order valence-corrected chi connectivity index (χ1v) is 5.55. The summed E-state index contributed by atoms with van der Waals surface area (Å²) >= 11 is 3.17. The van der Waals surface area contributed by atoms with Crippen LogP contribution in [-0.2, 0) is 10.1 Å². The van der Waals surface area contributed by atoms with Gasteiger partial charge >= 0.3 is 5.97 Å². The van der Waals surface area contributed by atoms with Crippen LogP contribution in [0, 0.1) is 17.0 Å². The lowest BCUT2D eigenvalue weighted by Gasteiger charge is -2.06. The Kier molecular flexibility index (Phi) is 4.00. The quantitative estimate of drug-likeness (QED) is 0.371. The number of nitro benzene ring substituents is 1. The maximum absolute atomic E-state index is 11.4. The predicted octanol–water partition coefficient (Wildman–Crippen LogP) is 2.58. The Hall–Kier alpha value is -1.43. The van der Waals surface area contributed by atoms with Gasteiger partial charge in [0.25, 0.3) is 5.69 Å². The third-order valence-corrected chi connectivity index (χ3v) is 2.78. The lowest BCUT2D eigenvalue weighted by Crippen LogP contribution is -2.06. The Morgan fingerprint density at radius 3 is 2.62 bits per heavy atom. The molecule has 1 rings (SSSR count). The normalized spacial score (nSPS) is 9.94. The van der Waals surface area contributed by atoms with Crippen molar-refractivity contribution in [2.24, 2.45) is 0 Å². The predicted molar refractivity (Wildman–Crippen MR) is 61.8 cm³/mol. The van der Waals surface area contributed by atoms with Crippen molar-refractivity contribution in [3.05, 3.63) is 38.9 Å². The number of nitro groups is 1. The molecule has 0 aromatic heterocycles. The van der Waals surface area contributed by atoms with Crippen molar-refractivity contribution in [2.45, 2.75) is 12.3 Å². The third kappa shape index (κ3) is 2.38. The van der Waals surface area contributed by atoms with Crippen LogP contribution >= 0.6 is 15.9 Å². The van der Waals surface area contributed by atoms with Crippen LogP contribution in [0.1, 0.15) is 21.5 Å². The minimum atomic E-state index is -0.568. The minimum Gasteiger partial charge on any atom is -0.465 e. The lowest BCUT2D eigenvalue weighted by atomic mass is 10.0. The second-order valence-corrected chi connectivity index (χ2v) is 3.74. The molecule has 0 amide bonds. The number of hydrogen-bond acceptors (Lipinski definition) is 4. The van der Waals surface area contributed by atoms with E-state index in [1.54, 1.807) is 13.0 Å². The average molecular weight is 288 g/mol. The fourth-order valence-corrected chi connectivity index (χ4v) is 1.81. The molecule has 0 fully saturated rings. The Labute approximate surface area is 101 Å². The van der Waals surface area contributed by atoms with Gasteiger partial charge in [0.15, 0.2) is 0 Å². The van der Waals surface area contributed by atoms with Gasteiger partial charge in [-0.1, -0.05) is 15.9 Å². The van der Waals surface area contributed by atoms with Crippen LogP contribution in [0.15, 0.2) is 12.1 Å². The van der Waals surface area contributed by atoms with E-state index in [1.165, 1.54) is 13.2 Å². The van der Waals surface area contributed by atoms with Gasteiger partial charge in [-0.2, -0.15) is 0 Å². The minimum absolute atomic E-state index is 0.0807. The molecular weight excluding hydrogens is 278 g/mol. The second kappa shape index (κ2) is 5.07. The van der Waals surface area contributed by atoms with Crippen LogP contribution < -0.4 is 0 Å². The summed E-state index contributed by atoms with van der Waals surface area (Å²) in [5, 5.41) is 11.2. The molecule has 0 saturated heterocycles. The molecular formula is C10H10BrNO4. The van der Waals surface area contributed by atoms with E-state index >= 15 is 0 Å². The highest BCUT2D eigenvalue weighted by Gasteiger charge is 2.19. The van der Waals surface area contributed by atoms with Crippen molar-refractivity contribution < 1.29 is 14.5 Å². The van der Waals surface area contributed by atoms with Crippen LogP contribution in [0.4, 0.5) is 5.69 Å². The van der Waals surface area contributed by atoms with Gasteiger partial charge in [0.05, 0.1) is 17.6 Å². The summed E-state index contributed by atoms with van der Waals surface area (Å²) in [6, 6.07) is 2.86. The maximum atomic E-state index is 11.4. The number of halogens is 1. The first-order chi connectivity index (χ1) is 7.51. The Bertz CT molecular complexity index is 445. The number of nitrogens with zero attached hydrogens (tertiary/aromatic N) is 1. The van der Waals surface area contributed by atoms with Gasteiger partial charge in [-0.3, -0.25) is 10.1 Å². The largest absolute Gasteiger partial charge is 0.465 e. The molecule has 6 heteroatoms. The fourth-order valence-electron chi connectivity index (χ4n) is 1.36. The van der Waals surface area contributed by atoms with Crippen molar-refractivity contribution in [3.63, 3.8) is 0 Å². The number of esters is 1. The zero-order valence-corrected chi connectivity index (χ0v) is 10.4. The van der Waals surface area contributed by atoms with Crippen molar-refractivity contribution in [1.82, 2.24) is 0 Å². The highest BCUT2D eigenvalue weighted by molar-refractivity contribution is 9.08. The number of ether oxygens (including phenoxy) is 1. The molecule has 0 unspecified atom stereocenters. The molecule has 1 aromatic rings. The van der Waals surface area contributed by atoms with E-state index in [1.807, 2.05) is 0 Å². The second-order valence-electron chi connectivity index (χ2n) is 3.18. The van der Waals surface area contributed by atoms with Crippen LogP contribution in [0.25, 0.3) is 0 Å². The SMILES string of the molecule is COC(=O)c1cc([N+](=O)[O-])c(CBr)cc1C. The average Bonchev–Trinajstić information content (AvgIpc) is 2.27. The zero-order chi connectivity index (χ0) is 12.3. The van der Waals surface area contributed by atoms with Gasteiger partial charge < -0.3 is 4.74 Å². The number of methoxy groups -OCH3 is 1. The van der Waals surface area contributed by atoms with E-state index in [2.05, 4.69) is 20.7 Å². The molecule has 16 heavy (non-hydrogen) atoms. The maximum Gasteiger partial charge on any atom is 0.338 e. The smallest absolute Gasteiger partial charge is 0.338 e.